The van der Waals surface area contributed by atoms with Gasteiger partial charge in [-0.15, -0.1) is 11.3 Å². The molecule has 0 spiro atoms. The first-order valence-corrected chi connectivity index (χ1v) is 10.5. The number of aromatic nitrogens is 2. The number of ether oxygens (including phenoxy) is 1. The molecule has 7 heteroatoms. The molecule has 0 atom stereocenters. The molecule has 2 aromatic carbocycles. The van der Waals surface area contributed by atoms with Gasteiger partial charge in [-0.2, -0.15) is 0 Å². The van der Waals surface area contributed by atoms with Crippen molar-refractivity contribution in [2.45, 2.75) is 5.16 Å². The first-order valence-electron chi connectivity index (χ1n) is 8.65. The van der Waals surface area contributed by atoms with E-state index in [4.69, 9.17) is 4.74 Å². The SMILES string of the molecule is O=C(OCCSc1nc2sccc2c(=O)n1-c1ccccc1)c1ccccc1. The maximum Gasteiger partial charge on any atom is 0.338 e. The van der Waals surface area contributed by atoms with Crippen LogP contribution < -0.4 is 5.56 Å². The highest BCUT2D eigenvalue weighted by atomic mass is 32.2. The molecule has 2 aromatic heterocycles. The zero-order chi connectivity index (χ0) is 19.3. The molecule has 4 rings (SSSR count). The summed E-state index contributed by atoms with van der Waals surface area (Å²) in [4.78, 5) is 30.4. The number of carbonyl (C=O) groups excluding carboxylic acids is 1. The zero-order valence-electron chi connectivity index (χ0n) is 14.8. The third-order valence-corrected chi connectivity index (χ3v) is 5.75. The lowest BCUT2D eigenvalue weighted by Crippen LogP contribution is -2.21. The van der Waals surface area contributed by atoms with Crippen LogP contribution in [0.2, 0.25) is 0 Å². The van der Waals surface area contributed by atoms with E-state index in [-0.39, 0.29) is 18.1 Å². The van der Waals surface area contributed by atoms with E-state index in [1.165, 1.54) is 23.1 Å². The summed E-state index contributed by atoms with van der Waals surface area (Å²) >= 11 is 2.83. The molecular weight excluding hydrogens is 392 g/mol. The fourth-order valence-corrected chi connectivity index (χ4v) is 4.36. The summed E-state index contributed by atoms with van der Waals surface area (Å²) < 4.78 is 6.94. The van der Waals surface area contributed by atoms with Crippen LogP contribution in [0.1, 0.15) is 10.4 Å². The van der Waals surface area contributed by atoms with Crippen molar-refractivity contribution in [1.82, 2.24) is 9.55 Å². The number of carbonyl (C=O) groups is 1. The third-order valence-electron chi connectivity index (χ3n) is 4.04. The average Bonchev–Trinajstić information content (AvgIpc) is 3.21. The minimum Gasteiger partial charge on any atom is -0.461 e. The standard InChI is InChI=1S/C21H16N2O3S2/c24-19-17-11-13-27-18(17)22-21(23(19)16-9-5-2-6-10-16)28-14-12-26-20(25)15-7-3-1-4-8-15/h1-11,13H,12,14H2. The zero-order valence-corrected chi connectivity index (χ0v) is 16.4. The Bertz CT molecular complexity index is 1150. The van der Waals surface area contributed by atoms with Crippen LogP contribution in [0.25, 0.3) is 15.9 Å². The first-order chi connectivity index (χ1) is 13.7. The van der Waals surface area contributed by atoms with Crippen LogP contribution in [-0.4, -0.2) is 27.9 Å². The largest absolute Gasteiger partial charge is 0.461 e. The van der Waals surface area contributed by atoms with Crippen LogP contribution in [-0.2, 0) is 4.74 Å². The summed E-state index contributed by atoms with van der Waals surface area (Å²) in [5, 5.41) is 3.06. The normalized spacial score (nSPS) is 10.9. The highest BCUT2D eigenvalue weighted by molar-refractivity contribution is 7.99. The van der Waals surface area contributed by atoms with Gasteiger partial charge in [0.15, 0.2) is 5.16 Å². The number of benzene rings is 2. The Balaban J connectivity index is 1.53. The van der Waals surface area contributed by atoms with Gasteiger partial charge in [0.1, 0.15) is 11.4 Å². The van der Waals surface area contributed by atoms with Crippen molar-refractivity contribution in [1.29, 1.82) is 0 Å². The molecule has 0 radical (unpaired) electrons. The lowest BCUT2D eigenvalue weighted by molar-refractivity contribution is 0.0530. The Morgan fingerprint density at radius 1 is 1.04 bits per heavy atom. The Morgan fingerprint density at radius 3 is 2.50 bits per heavy atom. The summed E-state index contributed by atoms with van der Waals surface area (Å²) in [5.74, 6) is 0.137. The van der Waals surface area contributed by atoms with Gasteiger partial charge in [0.2, 0.25) is 0 Å². The van der Waals surface area contributed by atoms with E-state index in [2.05, 4.69) is 4.98 Å². The van der Waals surface area contributed by atoms with Crippen molar-refractivity contribution in [3.05, 3.63) is 88.0 Å². The molecule has 0 amide bonds. The summed E-state index contributed by atoms with van der Waals surface area (Å²) in [7, 11) is 0. The molecule has 0 aliphatic rings. The molecule has 0 saturated heterocycles. The minimum absolute atomic E-state index is 0.0961. The highest BCUT2D eigenvalue weighted by Crippen LogP contribution is 2.23. The molecular formula is C21H16N2O3S2. The Hall–Kier alpha value is -2.90. The van der Waals surface area contributed by atoms with Crippen molar-refractivity contribution in [3.8, 4) is 5.69 Å². The van der Waals surface area contributed by atoms with E-state index >= 15 is 0 Å². The second-order valence-electron chi connectivity index (χ2n) is 5.86. The number of nitrogens with zero attached hydrogens (tertiary/aromatic N) is 2. The summed E-state index contributed by atoms with van der Waals surface area (Å²) in [6.07, 6.45) is 0. The van der Waals surface area contributed by atoms with Gasteiger partial charge in [-0.05, 0) is 35.7 Å². The predicted molar refractivity (Wildman–Crippen MR) is 113 cm³/mol. The van der Waals surface area contributed by atoms with E-state index in [0.717, 1.165) is 5.69 Å². The number of thiophene rings is 1. The van der Waals surface area contributed by atoms with Gasteiger partial charge in [-0.3, -0.25) is 9.36 Å². The Morgan fingerprint density at radius 2 is 1.75 bits per heavy atom. The second kappa shape index (κ2) is 8.41. The Kier molecular flexibility index (Phi) is 5.55. The number of hydrogen-bond acceptors (Lipinski definition) is 6. The number of esters is 1. The number of para-hydroxylation sites is 1. The van der Waals surface area contributed by atoms with Gasteiger partial charge in [0.25, 0.3) is 5.56 Å². The predicted octanol–water partition coefficient (Wildman–Crippen LogP) is 4.40. The number of hydrogen-bond donors (Lipinski definition) is 0. The van der Waals surface area contributed by atoms with Crippen LogP contribution >= 0.6 is 23.1 Å². The van der Waals surface area contributed by atoms with Crippen molar-refractivity contribution in [2.24, 2.45) is 0 Å². The van der Waals surface area contributed by atoms with Crippen LogP contribution in [0.5, 0.6) is 0 Å². The van der Waals surface area contributed by atoms with Crippen LogP contribution in [0, 0.1) is 0 Å². The number of thioether (sulfide) groups is 1. The maximum atomic E-state index is 13.0. The van der Waals surface area contributed by atoms with E-state index in [1.807, 2.05) is 41.8 Å². The van der Waals surface area contributed by atoms with Crippen LogP contribution in [0.3, 0.4) is 0 Å². The smallest absolute Gasteiger partial charge is 0.338 e. The first kappa shape index (κ1) is 18.5. The maximum absolute atomic E-state index is 13.0. The van der Waals surface area contributed by atoms with Crippen molar-refractivity contribution in [2.75, 3.05) is 12.4 Å². The van der Waals surface area contributed by atoms with Gasteiger partial charge in [-0.25, -0.2) is 9.78 Å². The molecule has 0 aliphatic heterocycles. The monoisotopic (exact) mass is 408 g/mol. The van der Waals surface area contributed by atoms with Crippen molar-refractivity contribution in [3.63, 3.8) is 0 Å². The molecule has 28 heavy (non-hydrogen) atoms. The molecule has 140 valence electrons. The minimum atomic E-state index is -0.358. The highest BCUT2D eigenvalue weighted by Gasteiger charge is 2.14. The van der Waals surface area contributed by atoms with Crippen molar-refractivity contribution >= 4 is 39.3 Å². The molecule has 0 fully saturated rings. The third kappa shape index (κ3) is 3.85. The molecule has 0 N–H and O–H groups in total. The second-order valence-corrected chi connectivity index (χ2v) is 7.82. The van der Waals surface area contributed by atoms with E-state index in [1.54, 1.807) is 34.9 Å². The summed E-state index contributed by atoms with van der Waals surface area (Å²) in [6, 6.07) is 20.1. The topological polar surface area (TPSA) is 61.2 Å². The van der Waals surface area contributed by atoms with E-state index < -0.39 is 0 Å². The molecule has 4 aromatic rings. The number of fused-ring (bicyclic) bond motifs is 1. The lowest BCUT2D eigenvalue weighted by atomic mass is 10.2. The summed E-state index contributed by atoms with van der Waals surface area (Å²) in [5.41, 5.74) is 1.19. The van der Waals surface area contributed by atoms with Gasteiger partial charge in [-0.1, -0.05) is 48.2 Å². The average molecular weight is 409 g/mol. The molecule has 5 nitrogen and oxygen atoms in total. The number of rotatable bonds is 6. The quantitative estimate of drug-likeness (QED) is 0.205. The van der Waals surface area contributed by atoms with Gasteiger partial charge in [0, 0.05) is 5.75 Å². The van der Waals surface area contributed by atoms with E-state index in [0.29, 0.717) is 26.7 Å². The molecule has 2 heterocycles. The molecule has 0 bridgehead atoms. The van der Waals surface area contributed by atoms with Gasteiger partial charge < -0.3 is 4.74 Å². The van der Waals surface area contributed by atoms with Crippen molar-refractivity contribution < 1.29 is 9.53 Å². The molecule has 0 unspecified atom stereocenters. The molecule has 0 aliphatic carbocycles. The lowest BCUT2D eigenvalue weighted by Gasteiger charge is -2.12. The van der Waals surface area contributed by atoms with Crippen LogP contribution in [0.4, 0.5) is 0 Å². The van der Waals surface area contributed by atoms with Crippen LogP contribution in [0.15, 0.2) is 82.1 Å². The van der Waals surface area contributed by atoms with Gasteiger partial charge >= 0.3 is 5.97 Å². The van der Waals surface area contributed by atoms with Gasteiger partial charge in [0.05, 0.1) is 16.6 Å². The fraction of sp³-hybridized carbons (Fsp3) is 0.0952. The fourth-order valence-electron chi connectivity index (χ4n) is 2.72. The molecule has 0 saturated carbocycles. The van der Waals surface area contributed by atoms with E-state index in [9.17, 15) is 9.59 Å². The Labute approximate surface area is 169 Å². The summed E-state index contributed by atoms with van der Waals surface area (Å²) in [6.45, 7) is 0.228.